The molecule has 2 aromatic rings. The summed E-state index contributed by atoms with van der Waals surface area (Å²) < 4.78 is 16.1. The van der Waals surface area contributed by atoms with Gasteiger partial charge in [-0.25, -0.2) is 4.90 Å². The molecule has 0 bridgehead atoms. The molecule has 176 valence electrons. The molecule has 7 nitrogen and oxygen atoms in total. The first-order valence-corrected chi connectivity index (χ1v) is 11.1. The molecule has 2 aromatic carbocycles. The Labute approximate surface area is 195 Å². The van der Waals surface area contributed by atoms with Crippen molar-refractivity contribution in [2.75, 3.05) is 52.0 Å². The number of nitrogens with zero attached hydrogens (tertiary/aromatic N) is 2. The van der Waals surface area contributed by atoms with Gasteiger partial charge in [-0.1, -0.05) is 24.3 Å². The topological polar surface area (TPSA) is 68.3 Å². The van der Waals surface area contributed by atoms with Crippen LogP contribution in [0.1, 0.15) is 23.6 Å². The zero-order valence-electron chi connectivity index (χ0n) is 20.0. The van der Waals surface area contributed by atoms with E-state index < -0.39 is 0 Å². The number of carbonyl (C=O) groups excluding carboxylic acids is 2. The second-order valence-corrected chi connectivity index (χ2v) is 7.87. The summed E-state index contributed by atoms with van der Waals surface area (Å²) in [5.74, 6) is -0.117. The number of hydrogen-bond donors (Lipinski definition) is 0. The van der Waals surface area contributed by atoms with Gasteiger partial charge in [-0.3, -0.25) is 9.59 Å². The standard InChI is InChI=1S/C26H32N2O5/c1-6-33-22-9-7-8-21(17-22)28-25(29)23(20-11-10-18(2)19(3)16-20)24(26(28)30)27(12-14-31-4)13-15-32-5/h7-11,16-17H,6,12-15H2,1-5H3. The molecule has 0 spiro atoms. The van der Waals surface area contributed by atoms with E-state index in [1.54, 1.807) is 38.5 Å². The predicted molar refractivity (Wildman–Crippen MR) is 128 cm³/mol. The third-order valence-corrected chi connectivity index (χ3v) is 5.69. The number of aryl methyl sites for hydroxylation is 2. The highest BCUT2D eigenvalue weighted by molar-refractivity contribution is 6.45. The van der Waals surface area contributed by atoms with Crippen LogP contribution in [-0.2, 0) is 19.1 Å². The minimum Gasteiger partial charge on any atom is -0.494 e. The van der Waals surface area contributed by atoms with Crippen molar-refractivity contribution in [3.63, 3.8) is 0 Å². The molecule has 0 saturated carbocycles. The lowest BCUT2D eigenvalue weighted by Crippen LogP contribution is -2.37. The maximum Gasteiger partial charge on any atom is 0.282 e. The monoisotopic (exact) mass is 452 g/mol. The summed E-state index contributed by atoms with van der Waals surface area (Å²) in [6, 6.07) is 12.9. The lowest BCUT2D eigenvalue weighted by Gasteiger charge is -2.25. The van der Waals surface area contributed by atoms with Crippen LogP contribution in [0.15, 0.2) is 48.2 Å². The van der Waals surface area contributed by atoms with Crippen LogP contribution in [-0.4, -0.2) is 63.8 Å². The smallest absolute Gasteiger partial charge is 0.282 e. The minimum absolute atomic E-state index is 0.355. The zero-order chi connectivity index (χ0) is 24.0. The Hall–Kier alpha value is -3.16. The third kappa shape index (κ3) is 5.26. The molecule has 0 radical (unpaired) electrons. The summed E-state index contributed by atoms with van der Waals surface area (Å²) in [6.45, 7) is 8.13. The summed E-state index contributed by atoms with van der Waals surface area (Å²) in [4.78, 5) is 30.6. The van der Waals surface area contributed by atoms with E-state index in [4.69, 9.17) is 14.2 Å². The fourth-order valence-corrected chi connectivity index (χ4v) is 3.82. The molecule has 1 aliphatic heterocycles. The van der Waals surface area contributed by atoms with Crippen molar-refractivity contribution in [1.29, 1.82) is 0 Å². The third-order valence-electron chi connectivity index (χ3n) is 5.69. The van der Waals surface area contributed by atoms with E-state index in [2.05, 4.69) is 0 Å². The number of anilines is 1. The summed E-state index contributed by atoms with van der Waals surface area (Å²) >= 11 is 0. The zero-order valence-corrected chi connectivity index (χ0v) is 20.0. The maximum absolute atomic E-state index is 13.8. The molecule has 0 atom stereocenters. The molecule has 2 amide bonds. The molecule has 7 heteroatoms. The summed E-state index contributed by atoms with van der Waals surface area (Å²) in [7, 11) is 3.22. The van der Waals surface area contributed by atoms with Gasteiger partial charge in [0.1, 0.15) is 11.4 Å². The van der Waals surface area contributed by atoms with Gasteiger partial charge in [-0.2, -0.15) is 0 Å². The predicted octanol–water partition coefficient (Wildman–Crippen LogP) is 3.58. The van der Waals surface area contributed by atoms with E-state index in [0.717, 1.165) is 16.7 Å². The fourth-order valence-electron chi connectivity index (χ4n) is 3.82. The fraction of sp³-hybridized carbons (Fsp3) is 0.385. The van der Waals surface area contributed by atoms with E-state index in [0.29, 0.717) is 55.6 Å². The Morgan fingerprint density at radius 2 is 1.58 bits per heavy atom. The van der Waals surface area contributed by atoms with E-state index >= 15 is 0 Å². The van der Waals surface area contributed by atoms with Crippen LogP contribution < -0.4 is 9.64 Å². The van der Waals surface area contributed by atoms with Crippen LogP contribution >= 0.6 is 0 Å². The molecule has 0 unspecified atom stereocenters. The van der Waals surface area contributed by atoms with Gasteiger partial charge in [0.25, 0.3) is 11.8 Å². The van der Waals surface area contributed by atoms with Gasteiger partial charge in [-0.15, -0.1) is 0 Å². The molecule has 0 aliphatic carbocycles. The number of carbonyl (C=O) groups is 2. The minimum atomic E-state index is -0.367. The Kier molecular flexibility index (Phi) is 8.25. The lowest BCUT2D eigenvalue weighted by molar-refractivity contribution is -0.120. The van der Waals surface area contributed by atoms with Crippen molar-refractivity contribution in [1.82, 2.24) is 4.90 Å². The van der Waals surface area contributed by atoms with Crippen LogP contribution in [0.5, 0.6) is 5.75 Å². The second kappa shape index (κ2) is 11.1. The first-order valence-electron chi connectivity index (χ1n) is 11.1. The molecule has 0 N–H and O–H groups in total. The number of hydrogen-bond acceptors (Lipinski definition) is 6. The number of methoxy groups -OCH3 is 2. The number of amides is 2. The van der Waals surface area contributed by atoms with E-state index in [1.165, 1.54) is 4.90 Å². The van der Waals surface area contributed by atoms with Crippen molar-refractivity contribution < 1.29 is 23.8 Å². The van der Waals surface area contributed by atoms with E-state index in [1.807, 2.05) is 43.9 Å². The lowest BCUT2D eigenvalue weighted by atomic mass is 9.99. The van der Waals surface area contributed by atoms with E-state index in [-0.39, 0.29) is 11.8 Å². The van der Waals surface area contributed by atoms with Crippen LogP contribution in [0.2, 0.25) is 0 Å². The maximum atomic E-state index is 13.8. The van der Waals surface area contributed by atoms with Crippen LogP contribution in [0.4, 0.5) is 5.69 Å². The largest absolute Gasteiger partial charge is 0.494 e. The highest BCUT2D eigenvalue weighted by Crippen LogP contribution is 2.36. The van der Waals surface area contributed by atoms with Gasteiger partial charge in [0, 0.05) is 33.4 Å². The molecule has 33 heavy (non-hydrogen) atoms. The summed E-state index contributed by atoms with van der Waals surface area (Å²) in [5, 5.41) is 0. The van der Waals surface area contributed by atoms with Gasteiger partial charge >= 0.3 is 0 Å². The molecule has 3 rings (SSSR count). The second-order valence-electron chi connectivity index (χ2n) is 7.87. The Balaban J connectivity index is 2.14. The Bertz CT molecular complexity index is 1040. The number of imide groups is 1. The Morgan fingerprint density at radius 1 is 0.879 bits per heavy atom. The van der Waals surface area contributed by atoms with Crippen molar-refractivity contribution in [3.8, 4) is 5.75 Å². The van der Waals surface area contributed by atoms with Gasteiger partial charge in [0.2, 0.25) is 0 Å². The SMILES string of the molecule is CCOc1cccc(N2C(=O)C(c3ccc(C)c(C)c3)=C(N(CCOC)CCOC)C2=O)c1. The average molecular weight is 453 g/mol. The van der Waals surface area contributed by atoms with Crippen molar-refractivity contribution in [3.05, 3.63) is 64.9 Å². The number of rotatable bonds is 11. The molecule has 0 saturated heterocycles. The van der Waals surface area contributed by atoms with Crippen LogP contribution in [0.25, 0.3) is 5.57 Å². The van der Waals surface area contributed by atoms with Crippen molar-refractivity contribution in [2.45, 2.75) is 20.8 Å². The van der Waals surface area contributed by atoms with Gasteiger partial charge in [0.05, 0.1) is 31.1 Å². The quantitative estimate of drug-likeness (QED) is 0.486. The van der Waals surface area contributed by atoms with Crippen LogP contribution in [0, 0.1) is 13.8 Å². The molecule has 0 aromatic heterocycles. The van der Waals surface area contributed by atoms with Gasteiger partial charge in [0.15, 0.2) is 0 Å². The van der Waals surface area contributed by atoms with Crippen LogP contribution in [0.3, 0.4) is 0 Å². The normalized spacial score (nSPS) is 13.8. The van der Waals surface area contributed by atoms with Gasteiger partial charge < -0.3 is 19.1 Å². The summed E-state index contributed by atoms with van der Waals surface area (Å²) in [5.41, 5.74) is 4.11. The molecule has 1 heterocycles. The average Bonchev–Trinajstić information content (AvgIpc) is 3.06. The molecule has 1 aliphatic rings. The Morgan fingerprint density at radius 3 is 2.18 bits per heavy atom. The molecule has 0 fully saturated rings. The van der Waals surface area contributed by atoms with Gasteiger partial charge in [-0.05, 0) is 49.6 Å². The summed E-state index contributed by atoms with van der Waals surface area (Å²) in [6.07, 6.45) is 0. The number of ether oxygens (including phenoxy) is 3. The molecular weight excluding hydrogens is 420 g/mol. The highest BCUT2D eigenvalue weighted by atomic mass is 16.5. The first kappa shape index (κ1) is 24.5. The molecular formula is C26H32N2O5. The first-order chi connectivity index (χ1) is 15.9. The van der Waals surface area contributed by atoms with Crippen molar-refractivity contribution >= 4 is 23.1 Å². The highest BCUT2D eigenvalue weighted by Gasteiger charge is 2.42. The van der Waals surface area contributed by atoms with Crippen molar-refractivity contribution in [2.24, 2.45) is 0 Å². The number of benzene rings is 2. The van der Waals surface area contributed by atoms with E-state index in [9.17, 15) is 9.59 Å².